The van der Waals surface area contributed by atoms with E-state index in [0.717, 1.165) is 39.5 Å². The van der Waals surface area contributed by atoms with E-state index in [1.54, 1.807) is 11.3 Å². The molecule has 4 rings (SSSR count). The SMILES string of the molecule is CCc1nc(-c2cccc(-c3noc(Cc4ccc(NC(C)=O)cc4)n3)c2)cs1. The van der Waals surface area contributed by atoms with Gasteiger partial charge in [-0.3, -0.25) is 4.79 Å². The second-order valence-corrected chi connectivity index (χ2v) is 7.57. The first-order chi connectivity index (χ1) is 14.1. The molecule has 0 atom stereocenters. The van der Waals surface area contributed by atoms with Gasteiger partial charge in [-0.15, -0.1) is 11.3 Å². The Bertz CT molecular complexity index is 1130. The maximum Gasteiger partial charge on any atom is 0.231 e. The van der Waals surface area contributed by atoms with Gasteiger partial charge in [-0.25, -0.2) is 4.98 Å². The number of aryl methyl sites for hydroxylation is 1. The number of amides is 1. The summed E-state index contributed by atoms with van der Waals surface area (Å²) in [6.45, 7) is 3.59. The Labute approximate surface area is 172 Å². The maximum absolute atomic E-state index is 11.1. The standard InChI is InChI=1S/C22H20N4O2S/c1-3-21-24-19(13-29-21)16-5-4-6-17(12-16)22-25-20(28-26-22)11-15-7-9-18(10-8-15)23-14(2)27/h4-10,12-13H,3,11H2,1-2H3,(H,23,27). The molecule has 2 heterocycles. The van der Waals surface area contributed by atoms with Gasteiger partial charge in [0.1, 0.15) is 0 Å². The Morgan fingerprint density at radius 3 is 2.62 bits per heavy atom. The van der Waals surface area contributed by atoms with Crippen molar-refractivity contribution in [1.29, 1.82) is 0 Å². The molecular weight excluding hydrogens is 384 g/mol. The topological polar surface area (TPSA) is 80.9 Å². The van der Waals surface area contributed by atoms with E-state index in [4.69, 9.17) is 4.52 Å². The number of anilines is 1. The largest absolute Gasteiger partial charge is 0.339 e. The average molecular weight is 404 g/mol. The minimum absolute atomic E-state index is 0.0925. The summed E-state index contributed by atoms with van der Waals surface area (Å²) in [4.78, 5) is 20.3. The maximum atomic E-state index is 11.1. The number of aromatic nitrogens is 3. The molecule has 0 radical (unpaired) electrons. The van der Waals surface area contributed by atoms with Crippen LogP contribution in [0.2, 0.25) is 0 Å². The van der Waals surface area contributed by atoms with Crippen molar-refractivity contribution in [1.82, 2.24) is 15.1 Å². The summed E-state index contributed by atoms with van der Waals surface area (Å²) < 4.78 is 5.44. The Morgan fingerprint density at radius 1 is 1.10 bits per heavy atom. The zero-order valence-corrected chi connectivity index (χ0v) is 17.0. The molecule has 0 unspecified atom stereocenters. The van der Waals surface area contributed by atoms with Crippen LogP contribution in [0.4, 0.5) is 5.69 Å². The van der Waals surface area contributed by atoms with E-state index in [1.807, 2.05) is 48.5 Å². The molecule has 0 spiro atoms. The second kappa shape index (κ2) is 8.36. The summed E-state index contributed by atoms with van der Waals surface area (Å²) in [5.74, 6) is 1.01. The van der Waals surface area contributed by atoms with Gasteiger partial charge in [0.2, 0.25) is 17.6 Å². The number of benzene rings is 2. The third kappa shape index (κ3) is 4.57. The van der Waals surface area contributed by atoms with Crippen LogP contribution in [0.1, 0.15) is 30.3 Å². The molecule has 0 aliphatic carbocycles. The number of hydrogen-bond acceptors (Lipinski definition) is 6. The van der Waals surface area contributed by atoms with E-state index in [1.165, 1.54) is 6.92 Å². The monoisotopic (exact) mass is 404 g/mol. The van der Waals surface area contributed by atoms with E-state index < -0.39 is 0 Å². The summed E-state index contributed by atoms with van der Waals surface area (Å²) in [6, 6.07) is 15.6. The van der Waals surface area contributed by atoms with Crippen LogP contribution < -0.4 is 5.32 Å². The number of carbonyl (C=O) groups is 1. The lowest BCUT2D eigenvalue weighted by Crippen LogP contribution is -2.05. The molecule has 6 nitrogen and oxygen atoms in total. The molecule has 2 aromatic heterocycles. The molecule has 2 aromatic carbocycles. The highest BCUT2D eigenvalue weighted by Crippen LogP contribution is 2.26. The lowest BCUT2D eigenvalue weighted by molar-refractivity contribution is -0.114. The van der Waals surface area contributed by atoms with Crippen molar-refractivity contribution in [3.8, 4) is 22.6 Å². The average Bonchev–Trinajstić information content (AvgIpc) is 3.39. The highest BCUT2D eigenvalue weighted by atomic mass is 32.1. The molecule has 146 valence electrons. The zero-order chi connectivity index (χ0) is 20.2. The molecule has 0 aliphatic rings. The van der Waals surface area contributed by atoms with Gasteiger partial charge in [0.25, 0.3) is 0 Å². The fourth-order valence-corrected chi connectivity index (χ4v) is 3.71. The Hall–Kier alpha value is -3.32. The van der Waals surface area contributed by atoms with E-state index >= 15 is 0 Å². The molecule has 4 aromatic rings. The molecule has 0 saturated heterocycles. The van der Waals surface area contributed by atoms with Crippen molar-refractivity contribution in [2.75, 3.05) is 5.32 Å². The van der Waals surface area contributed by atoms with Crippen LogP contribution in [0.5, 0.6) is 0 Å². The Kier molecular flexibility index (Phi) is 5.48. The molecule has 29 heavy (non-hydrogen) atoms. The molecule has 7 heteroatoms. The van der Waals surface area contributed by atoms with Crippen LogP contribution in [-0.4, -0.2) is 21.0 Å². The number of nitrogens with zero attached hydrogens (tertiary/aromatic N) is 3. The van der Waals surface area contributed by atoms with Crippen LogP contribution >= 0.6 is 11.3 Å². The minimum atomic E-state index is -0.0925. The predicted octanol–water partition coefficient (Wildman–Crippen LogP) is 4.97. The summed E-state index contributed by atoms with van der Waals surface area (Å²) >= 11 is 1.67. The molecule has 0 bridgehead atoms. The Morgan fingerprint density at radius 2 is 1.90 bits per heavy atom. The van der Waals surface area contributed by atoms with E-state index in [2.05, 4.69) is 32.7 Å². The first kappa shape index (κ1) is 19.0. The van der Waals surface area contributed by atoms with Crippen molar-refractivity contribution in [2.45, 2.75) is 26.7 Å². The van der Waals surface area contributed by atoms with Gasteiger partial charge >= 0.3 is 0 Å². The summed E-state index contributed by atoms with van der Waals surface area (Å²) in [7, 11) is 0. The summed E-state index contributed by atoms with van der Waals surface area (Å²) in [5.41, 5.74) is 4.69. The predicted molar refractivity (Wildman–Crippen MR) is 114 cm³/mol. The molecule has 1 N–H and O–H groups in total. The van der Waals surface area contributed by atoms with Crippen molar-refractivity contribution >= 4 is 22.9 Å². The van der Waals surface area contributed by atoms with E-state index in [9.17, 15) is 4.79 Å². The number of thiazole rings is 1. The van der Waals surface area contributed by atoms with Gasteiger partial charge in [-0.05, 0) is 30.2 Å². The second-order valence-electron chi connectivity index (χ2n) is 6.63. The van der Waals surface area contributed by atoms with Crippen LogP contribution in [0.3, 0.4) is 0 Å². The quantitative estimate of drug-likeness (QED) is 0.491. The number of hydrogen-bond donors (Lipinski definition) is 1. The smallest absolute Gasteiger partial charge is 0.231 e. The fraction of sp³-hybridized carbons (Fsp3) is 0.182. The highest BCUT2D eigenvalue weighted by molar-refractivity contribution is 7.09. The number of carbonyl (C=O) groups excluding carboxylic acids is 1. The first-order valence-electron chi connectivity index (χ1n) is 9.35. The fourth-order valence-electron chi connectivity index (χ4n) is 2.95. The van der Waals surface area contributed by atoms with Gasteiger partial charge in [-0.2, -0.15) is 4.98 Å². The number of rotatable bonds is 6. The van der Waals surface area contributed by atoms with Gasteiger partial charge in [0, 0.05) is 29.1 Å². The summed E-state index contributed by atoms with van der Waals surface area (Å²) in [5, 5.41) is 10.1. The minimum Gasteiger partial charge on any atom is -0.339 e. The molecule has 1 amide bonds. The van der Waals surface area contributed by atoms with Crippen LogP contribution in [0.25, 0.3) is 22.6 Å². The van der Waals surface area contributed by atoms with Crippen molar-refractivity contribution in [3.63, 3.8) is 0 Å². The van der Waals surface area contributed by atoms with Gasteiger partial charge in [0.05, 0.1) is 17.1 Å². The van der Waals surface area contributed by atoms with Gasteiger partial charge in [0.15, 0.2) is 0 Å². The molecule has 0 aliphatic heterocycles. The van der Waals surface area contributed by atoms with Crippen LogP contribution in [0, 0.1) is 0 Å². The van der Waals surface area contributed by atoms with Crippen LogP contribution in [-0.2, 0) is 17.6 Å². The molecule has 0 saturated carbocycles. The Balaban J connectivity index is 1.50. The van der Waals surface area contributed by atoms with Gasteiger partial charge < -0.3 is 9.84 Å². The lowest BCUT2D eigenvalue weighted by Gasteiger charge is -2.02. The molecular formula is C22H20N4O2S. The highest BCUT2D eigenvalue weighted by Gasteiger charge is 2.11. The van der Waals surface area contributed by atoms with Crippen molar-refractivity contribution < 1.29 is 9.32 Å². The first-order valence-corrected chi connectivity index (χ1v) is 10.2. The third-order valence-electron chi connectivity index (χ3n) is 4.37. The van der Waals surface area contributed by atoms with E-state index in [-0.39, 0.29) is 5.91 Å². The summed E-state index contributed by atoms with van der Waals surface area (Å²) in [6.07, 6.45) is 1.46. The lowest BCUT2D eigenvalue weighted by atomic mass is 10.1. The molecule has 0 fully saturated rings. The third-order valence-corrected chi connectivity index (χ3v) is 5.36. The van der Waals surface area contributed by atoms with Crippen molar-refractivity contribution in [2.24, 2.45) is 0 Å². The van der Waals surface area contributed by atoms with Crippen LogP contribution in [0.15, 0.2) is 58.4 Å². The zero-order valence-electron chi connectivity index (χ0n) is 16.2. The number of nitrogens with one attached hydrogen (secondary N) is 1. The van der Waals surface area contributed by atoms with Crippen molar-refractivity contribution in [3.05, 3.63) is 70.4 Å². The normalized spacial score (nSPS) is 10.8. The van der Waals surface area contributed by atoms with E-state index in [0.29, 0.717) is 18.1 Å². The van der Waals surface area contributed by atoms with Gasteiger partial charge in [-0.1, -0.05) is 42.4 Å².